The minimum Gasteiger partial charge on any atom is -0.493 e. The van der Waals surface area contributed by atoms with Gasteiger partial charge in [-0.25, -0.2) is 9.98 Å². The highest BCUT2D eigenvalue weighted by molar-refractivity contribution is 7.11. The summed E-state index contributed by atoms with van der Waals surface area (Å²) in [5, 5.41) is 7.82. The molecule has 1 aromatic carbocycles. The second-order valence-corrected chi connectivity index (χ2v) is 7.33. The minimum absolute atomic E-state index is 0.563. The van der Waals surface area contributed by atoms with Crippen molar-refractivity contribution in [3.63, 3.8) is 0 Å². The Morgan fingerprint density at radius 3 is 2.63 bits per heavy atom. The molecule has 0 aliphatic rings. The number of benzene rings is 1. The molecule has 0 spiro atoms. The monoisotopic (exact) mass is 390 g/mol. The normalized spacial score (nSPS) is 11.4. The zero-order valence-corrected chi connectivity index (χ0v) is 17.7. The van der Waals surface area contributed by atoms with Gasteiger partial charge in [0.05, 0.1) is 31.0 Å². The molecule has 1 aromatic heterocycles. The van der Waals surface area contributed by atoms with Gasteiger partial charge in [-0.1, -0.05) is 6.07 Å². The first kappa shape index (κ1) is 21.0. The van der Waals surface area contributed by atoms with Crippen LogP contribution < -0.4 is 20.1 Å². The summed E-state index contributed by atoms with van der Waals surface area (Å²) in [6, 6.07) is 5.92. The highest BCUT2D eigenvalue weighted by Crippen LogP contribution is 2.28. The number of guanidine groups is 1. The molecule has 0 amide bonds. The molecule has 2 aromatic rings. The van der Waals surface area contributed by atoms with Crippen LogP contribution in [0.1, 0.15) is 35.0 Å². The smallest absolute Gasteiger partial charge is 0.191 e. The lowest BCUT2D eigenvalue weighted by atomic mass is 10.2. The van der Waals surface area contributed by atoms with Gasteiger partial charge in [-0.05, 0) is 45.4 Å². The van der Waals surface area contributed by atoms with Gasteiger partial charge >= 0.3 is 0 Å². The average Bonchev–Trinajstić information content (AvgIpc) is 2.98. The number of nitrogens with zero attached hydrogens (tertiary/aromatic N) is 2. The molecule has 0 aliphatic heterocycles. The molecular formula is C20H30N4O2S. The Balaban J connectivity index is 1.95. The number of methoxy groups -OCH3 is 1. The molecule has 0 saturated carbocycles. The lowest BCUT2D eigenvalue weighted by Crippen LogP contribution is -2.38. The molecule has 0 bridgehead atoms. The first-order chi connectivity index (χ1) is 13.1. The summed E-state index contributed by atoms with van der Waals surface area (Å²) < 4.78 is 11.0. The SMILES string of the molecule is CCNC(=NCc1ccc(OCC)c(OC)c1)NCCc1nc(C)c(C)s1. The van der Waals surface area contributed by atoms with E-state index in [-0.39, 0.29) is 0 Å². The Hall–Kier alpha value is -2.28. The predicted molar refractivity (Wildman–Crippen MR) is 112 cm³/mol. The van der Waals surface area contributed by atoms with Gasteiger partial charge in [0.25, 0.3) is 0 Å². The molecule has 2 N–H and O–H groups in total. The third-order valence-electron chi connectivity index (χ3n) is 4.00. The minimum atomic E-state index is 0.563. The van der Waals surface area contributed by atoms with Crippen molar-refractivity contribution in [2.24, 2.45) is 4.99 Å². The van der Waals surface area contributed by atoms with Crippen molar-refractivity contribution in [2.45, 2.75) is 40.7 Å². The quantitative estimate of drug-likeness (QED) is 0.507. The highest BCUT2D eigenvalue weighted by Gasteiger charge is 2.06. The zero-order chi connectivity index (χ0) is 19.6. The first-order valence-corrected chi connectivity index (χ1v) is 10.1. The number of ether oxygens (including phenoxy) is 2. The maximum atomic E-state index is 5.56. The molecule has 2 rings (SSSR count). The summed E-state index contributed by atoms with van der Waals surface area (Å²) in [6.45, 7) is 11.0. The molecule has 0 unspecified atom stereocenters. The van der Waals surface area contributed by atoms with E-state index in [1.165, 1.54) is 4.88 Å². The van der Waals surface area contributed by atoms with Crippen LogP contribution >= 0.6 is 11.3 Å². The number of hydrogen-bond donors (Lipinski definition) is 2. The van der Waals surface area contributed by atoms with Crippen molar-refractivity contribution < 1.29 is 9.47 Å². The third-order valence-corrected chi connectivity index (χ3v) is 5.13. The van der Waals surface area contributed by atoms with Crippen molar-refractivity contribution in [2.75, 3.05) is 26.8 Å². The van der Waals surface area contributed by atoms with E-state index >= 15 is 0 Å². The molecule has 7 heteroatoms. The highest BCUT2D eigenvalue weighted by atomic mass is 32.1. The van der Waals surface area contributed by atoms with Crippen LogP contribution in [0.3, 0.4) is 0 Å². The van der Waals surface area contributed by atoms with E-state index in [1.54, 1.807) is 18.4 Å². The van der Waals surface area contributed by atoms with Crippen LogP contribution in [0, 0.1) is 13.8 Å². The second-order valence-electron chi connectivity index (χ2n) is 6.04. The molecule has 27 heavy (non-hydrogen) atoms. The van der Waals surface area contributed by atoms with Crippen LogP contribution in [0.4, 0.5) is 0 Å². The molecule has 6 nitrogen and oxygen atoms in total. The van der Waals surface area contributed by atoms with E-state index < -0.39 is 0 Å². The van der Waals surface area contributed by atoms with Crippen LogP contribution in [-0.2, 0) is 13.0 Å². The van der Waals surface area contributed by atoms with Crippen molar-refractivity contribution in [1.29, 1.82) is 0 Å². The maximum absolute atomic E-state index is 5.56. The summed E-state index contributed by atoms with van der Waals surface area (Å²) in [6.07, 6.45) is 0.890. The number of rotatable bonds is 9. The van der Waals surface area contributed by atoms with Crippen LogP contribution in [0.15, 0.2) is 23.2 Å². The van der Waals surface area contributed by atoms with Crippen molar-refractivity contribution in [3.05, 3.63) is 39.3 Å². The Morgan fingerprint density at radius 2 is 2.00 bits per heavy atom. The fourth-order valence-corrected chi connectivity index (χ4v) is 3.46. The fraction of sp³-hybridized carbons (Fsp3) is 0.500. The number of aliphatic imine (C=N–C) groups is 1. The molecule has 0 radical (unpaired) electrons. The molecule has 148 valence electrons. The molecule has 0 saturated heterocycles. The van der Waals surface area contributed by atoms with Gasteiger partial charge in [0, 0.05) is 24.4 Å². The number of hydrogen-bond acceptors (Lipinski definition) is 5. The van der Waals surface area contributed by atoms with E-state index in [0.717, 1.165) is 53.2 Å². The first-order valence-electron chi connectivity index (χ1n) is 9.32. The van der Waals surface area contributed by atoms with Gasteiger partial charge in [-0.3, -0.25) is 0 Å². The Bertz CT molecular complexity index is 739. The molecular weight excluding hydrogens is 360 g/mol. The summed E-state index contributed by atoms with van der Waals surface area (Å²) >= 11 is 1.76. The van der Waals surface area contributed by atoms with Gasteiger partial charge in [-0.2, -0.15) is 0 Å². The lowest BCUT2D eigenvalue weighted by Gasteiger charge is -2.12. The summed E-state index contributed by atoms with van der Waals surface area (Å²) in [7, 11) is 1.65. The standard InChI is InChI=1S/C20H30N4O2S/c1-6-21-20(22-11-10-19-24-14(3)15(4)27-19)23-13-16-8-9-17(26-7-2)18(12-16)25-5/h8-9,12H,6-7,10-11,13H2,1-5H3,(H2,21,22,23). The Morgan fingerprint density at radius 1 is 1.19 bits per heavy atom. The number of aryl methyl sites for hydroxylation is 2. The summed E-state index contributed by atoms with van der Waals surface area (Å²) in [4.78, 5) is 10.5. The maximum Gasteiger partial charge on any atom is 0.191 e. The molecule has 0 atom stereocenters. The number of thiazole rings is 1. The van der Waals surface area contributed by atoms with Gasteiger partial charge in [0.2, 0.25) is 0 Å². The van der Waals surface area contributed by atoms with Gasteiger partial charge < -0.3 is 20.1 Å². The van der Waals surface area contributed by atoms with E-state index in [4.69, 9.17) is 9.47 Å². The van der Waals surface area contributed by atoms with Gasteiger partial charge in [0.15, 0.2) is 17.5 Å². The average molecular weight is 391 g/mol. The molecule has 0 fully saturated rings. The molecule has 0 aliphatic carbocycles. The predicted octanol–water partition coefficient (Wildman–Crippen LogP) is 3.47. The van der Waals surface area contributed by atoms with Crippen LogP contribution in [0.25, 0.3) is 0 Å². The Labute approximate surface area is 166 Å². The van der Waals surface area contributed by atoms with Gasteiger partial charge in [-0.15, -0.1) is 11.3 Å². The largest absolute Gasteiger partial charge is 0.493 e. The summed E-state index contributed by atoms with van der Waals surface area (Å²) in [5.41, 5.74) is 2.19. The van der Waals surface area contributed by atoms with Gasteiger partial charge in [0.1, 0.15) is 0 Å². The second kappa shape index (κ2) is 10.8. The lowest BCUT2D eigenvalue weighted by molar-refractivity contribution is 0.310. The van der Waals surface area contributed by atoms with E-state index in [0.29, 0.717) is 13.2 Å². The van der Waals surface area contributed by atoms with Crippen molar-refractivity contribution in [1.82, 2.24) is 15.6 Å². The Kier molecular flexibility index (Phi) is 8.39. The van der Waals surface area contributed by atoms with Crippen LogP contribution in [0.2, 0.25) is 0 Å². The fourth-order valence-electron chi connectivity index (χ4n) is 2.53. The number of nitrogens with one attached hydrogen (secondary N) is 2. The summed E-state index contributed by atoms with van der Waals surface area (Å²) in [5.74, 6) is 2.29. The van der Waals surface area contributed by atoms with Crippen LogP contribution in [0.5, 0.6) is 11.5 Å². The van der Waals surface area contributed by atoms with Crippen LogP contribution in [-0.4, -0.2) is 37.7 Å². The van der Waals surface area contributed by atoms with E-state index in [2.05, 4.69) is 41.4 Å². The number of aromatic nitrogens is 1. The zero-order valence-electron chi connectivity index (χ0n) is 16.9. The van der Waals surface area contributed by atoms with E-state index in [1.807, 2.05) is 25.1 Å². The van der Waals surface area contributed by atoms with E-state index in [9.17, 15) is 0 Å². The molecule has 1 heterocycles. The van der Waals surface area contributed by atoms with Crippen molar-refractivity contribution in [3.8, 4) is 11.5 Å². The van der Waals surface area contributed by atoms with Crippen molar-refractivity contribution >= 4 is 17.3 Å². The topological polar surface area (TPSA) is 67.8 Å². The third kappa shape index (κ3) is 6.43.